The second-order valence-corrected chi connectivity index (χ2v) is 8.65. The van der Waals surface area contributed by atoms with Gasteiger partial charge in [-0.05, 0) is 86.6 Å². The topological polar surface area (TPSA) is 56.1 Å². The largest absolute Gasteiger partial charge is 0.366 e. The molecule has 1 heterocycles. The third-order valence-corrected chi connectivity index (χ3v) is 6.02. The predicted octanol–water partition coefficient (Wildman–Crippen LogP) is 5.91. The van der Waals surface area contributed by atoms with Gasteiger partial charge in [0.15, 0.2) is 0 Å². The van der Waals surface area contributed by atoms with Crippen molar-refractivity contribution >= 4 is 23.4 Å². The molecule has 156 valence electrons. The Bertz CT molecular complexity index is 996. The van der Waals surface area contributed by atoms with E-state index in [1.54, 1.807) is 6.08 Å². The number of fused-ring (bicyclic) bond motifs is 1. The number of carbonyl (C=O) groups excluding carboxylic acids is 1. The van der Waals surface area contributed by atoms with Gasteiger partial charge in [-0.3, -0.25) is 4.79 Å². The van der Waals surface area contributed by atoms with Gasteiger partial charge in [-0.25, -0.2) is 0 Å². The van der Waals surface area contributed by atoms with E-state index in [0.29, 0.717) is 11.6 Å². The molecule has 1 aliphatic rings. The van der Waals surface area contributed by atoms with Gasteiger partial charge in [0, 0.05) is 23.5 Å². The second kappa shape index (κ2) is 8.75. The van der Waals surface area contributed by atoms with Crippen molar-refractivity contribution in [2.75, 3.05) is 16.8 Å². The van der Waals surface area contributed by atoms with Gasteiger partial charge in [0.1, 0.15) is 11.6 Å². The second-order valence-electron chi connectivity index (χ2n) is 8.65. The van der Waals surface area contributed by atoms with Crippen LogP contribution in [0.1, 0.15) is 63.6 Å². The van der Waals surface area contributed by atoms with Gasteiger partial charge in [-0.1, -0.05) is 32.0 Å². The summed E-state index contributed by atoms with van der Waals surface area (Å²) >= 11 is 0. The molecule has 2 aromatic carbocycles. The van der Waals surface area contributed by atoms with Crippen molar-refractivity contribution in [1.29, 1.82) is 5.26 Å². The number of nitrogens with zero attached hydrogens (tertiary/aromatic N) is 2. The summed E-state index contributed by atoms with van der Waals surface area (Å²) in [5, 5.41) is 12.4. The fraction of sp³-hybridized carbons (Fsp3) is 0.385. The third-order valence-electron chi connectivity index (χ3n) is 6.02. The maximum Gasteiger partial charge on any atom is 0.266 e. The minimum atomic E-state index is -0.385. The van der Waals surface area contributed by atoms with E-state index in [-0.39, 0.29) is 17.0 Å². The summed E-state index contributed by atoms with van der Waals surface area (Å²) in [5.74, 6) is 0.0337. The number of carbonyl (C=O) groups is 1. The van der Waals surface area contributed by atoms with E-state index in [2.05, 4.69) is 63.0 Å². The Morgan fingerprint density at radius 1 is 1.23 bits per heavy atom. The lowest BCUT2D eigenvalue weighted by Crippen LogP contribution is -2.48. The minimum Gasteiger partial charge on any atom is -0.366 e. The van der Waals surface area contributed by atoms with Gasteiger partial charge in [0.2, 0.25) is 0 Å². The first-order valence-electron chi connectivity index (χ1n) is 10.7. The molecule has 30 heavy (non-hydrogen) atoms. The highest BCUT2D eigenvalue weighted by molar-refractivity contribution is 6.09. The molecule has 0 spiro atoms. The molecule has 1 atom stereocenters. The van der Waals surface area contributed by atoms with Crippen LogP contribution in [0, 0.1) is 11.3 Å². The Labute approximate surface area is 180 Å². The molecule has 0 fully saturated rings. The molecule has 1 aliphatic heterocycles. The molecular formula is C26H31N3O. The molecule has 0 aliphatic carbocycles. The van der Waals surface area contributed by atoms with Crippen molar-refractivity contribution in [3.05, 3.63) is 64.7 Å². The summed E-state index contributed by atoms with van der Waals surface area (Å²) in [4.78, 5) is 15.1. The Hall–Kier alpha value is -3.06. The van der Waals surface area contributed by atoms with Crippen molar-refractivity contribution in [2.24, 2.45) is 0 Å². The number of nitrogens with one attached hydrogen (secondary N) is 1. The smallest absolute Gasteiger partial charge is 0.266 e. The van der Waals surface area contributed by atoms with E-state index in [9.17, 15) is 10.1 Å². The molecule has 4 heteroatoms. The lowest BCUT2D eigenvalue weighted by molar-refractivity contribution is -0.112. The predicted molar refractivity (Wildman–Crippen MR) is 125 cm³/mol. The third kappa shape index (κ3) is 4.41. The summed E-state index contributed by atoms with van der Waals surface area (Å²) in [6.07, 6.45) is 3.69. The highest BCUT2D eigenvalue weighted by Gasteiger charge is 2.35. The van der Waals surface area contributed by atoms with Crippen LogP contribution in [0.2, 0.25) is 0 Å². The number of anilines is 2. The molecule has 0 aromatic heterocycles. The fourth-order valence-electron chi connectivity index (χ4n) is 4.53. The molecule has 0 bridgehead atoms. The first-order valence-corrected chi connectivity index (χ1v) is 10.7. The summed E-state index contributed by atoms with van der Waals surface area (Å²) in [6.45, 7) is 12.0. The maximum atomic E-state index is 12.6. The Morgan fingerprint density at radius 2 is 1.93 bits per heavy atom. The van der Waals surface area contributed by atoms with Gasteiger partial charge in [0.05, 0.1) is 0 Å². The van der Waals surface area contributed by atoms with Crippen molar-refractivity contribution in [2.45, 2.75) is 58.9 Å². The van der Waals surface area contributed by atoms with Crippen molar-refractivity contribution < 1.29 is 4.79 Å². The van der Waals surface area contributed by atoms with Gasteiger partial charge in [-0.2, -0.15) is 5.26 Å². The van der Waals surface area contributed by atoms with Crippen LogP contribution < -0.4 is 10.2 Å². The highest BCUT2D eigenvalue weighted by atomic mass is 16.1. The Kier molecular flexibility index (Phi) is 6.31. The molecule has 0 unspecified atom stereocenters. The van der Waals surface area contributed by atoms with Crippen LogP contribution in [0.25, 0.3) is 6.08 Å². The number of hydrogen-bond acceptors (Lipinski definition) is 3. The van der Waals surface area contributed by atoms with E-state index in [1.165, 1.54) is 16.8 Å². The van der Waals surface area contributed by atoms with E-state index < -0.39 is 0 Å². The van der Waals surface area contributed by atoms with Crippen molar-refractivity contribution in [3.63, 3.8) is 0 Å². The molecule has 0 saturated carbocycles. The SMILES string of the molecule is CCc1ccc(NC(=O)/C(C#N)=C\c2ccc3c(c2)[C@H](C)CC(C)(C)N3CC)cc1. The van der Waals surface area contributed by atoms with Crippen LogP contribution >= 0.6 is 0 Å². The van der Waals surface area contributed by atoms with E-state index in [1.807, 2.05) is 30.3 Å². The van der Waals surface area contributed by atoms with E-state index in [0.717, 1.165) is 24.9 Å². The number of nitriles is 1. The minimum absolute atomic E-state index is 0.102. The summed E-state index contributed by atoms with van der Waals surface area (Å²) in [5.41, 5.74) is 5.52. The normalized spacial score (nSPS) is 17.8. The first kappa shape index (κ1) is 21.6. The lowest BCUT2D eigenvalue weighted by Gasteiger charge is -2.47. The molecule has 1 N–H and O–H groups in total. The number of hydrogen-bond donors (Lipinski definition) is 1. The van der Waals surface area contributed by atoms with Crippen LogP contribution in [0.4, 0.5) is 11.4 Å². The number of rotatable bonds is 5. The summed E-state index contributed by atoms with van der Waals surface area (Å²) in [7, 11) is 0. The summed E-state index contributed by atoms with van der Waals surface area (Å²) < 4.78 is 0. The van der Waals surface area contributed by atoms with Crippen molar-refractivity contribution in [1.82, 2.24) is 0 Å². The summed E-state index contributed by atoms with van der Waals surface area (Å²) in [6, 6.07) is 16.0. The van der Waals surface area contributed by atoms with Gasteiger partial charge >= 0.3 is 0 Å². The number of benzene rings is 2. The van der Waals surface area contributed by atoms with E-state index >= 15 is 0 Å². The van der Waals surface area contributed by atoms with Crippen LogP contribution in [-0.4, -0.2) is 18.0 Å². The molecule has 1 amide bonds. The zero-order chi connectivity index (χ0) is 21.9. The quantitative estimate of drug-likeness (QED) is 0.501. The molecule has 4 nitrogen and oxygen atoms in total. The molecule has 0 radical (unpaired) electrons. The van der Waals surface area contributed by atoms with Gasteiger partial charge < -0.3 is 10.2 Å². The van der Waals surface area contributed by atoms with Crippen LogP contribution in [-0.2, 0) is 11.2 Å². The van der Waals surface area contributed by atoms with Gasteiger partial charge in [0.25, 0.3) is 5.91 Å². The average Bonchev–Trinajstić information content (AvgIpc) is 2.72. The molecule has 2 aromatic rings. The molecule has 0 saturated heterocycles. The monoisotopic (exact) mass is 401 g/mol. The van der Waals surface area contributed by atoms with E-state index in [4.69, 9.17) is 0 Å². The molecule has 3 rings (SSSR count). The van der Waals surface area contributed by atoms with Crippen LogP contribution in [0.5, 0.6) is 0 Å². The number of amides is 1. The maximum absolute atomic E-state index is 12.6. The Morgan fingerprint density at radius 3 is 2.53 bits per heavy atom. The number of aryl methyl sites for hydroxylation is 1. The highest BCUT2D eigenvalue weighted by Crippen LogP contribution is 2.43. The van der Waals surface area contributed by atoms with Crippen LogP contribution in [0.3, 0.4) is 0 Å². The zero-order valence-electron chi connectivity index (χ0n) is 18.6. The van der Waals surface area contributed by atoms with Gasteiger partial charge in [-0.15, -0.1) is 0 Å². The van der Waals surface area contributed by atoms with Crippen molar-refractivity contribution in [3.8, 4) is 6.07 Å². The first-order chi connectivity index (χ1) is 14.3. The van der Waals surface area contributed by atoms with Crippen LogP contribution in [0.15, 0.2) is 48.0 Å². The standard InChI is InChI=1S/C26H31N3O/c1-6-19-8-11-22(12-9-19)28-25(30)21(17-27)14-20-10-13-24-23(15-20)18(3)16-26(4,5)29(24)7-2/h8-15,18H,6-7,16H2,1-5H3,(H,28,30)/b21-14-/t18-/m1/s1. The molecular weight excluding hydrogens is 370 g/mol. The zero-order valence-corrected chi connectivity index (χ0v) is 18.6. The lowest BCUT2D eigenvalue weighted by atomic mass is 9.79. The fourth-order valence-corrected chi connectivity index (χ4v) is 4.53. The average molecular weight is 402 g/mol. The Balaban J connectivity index is 1.86.